The van der Waals surface area contributed by atoms with Crippen molar-refractivity contribution in [2.24, 2.45) is 0 Å². The van der Waals surface area contributed by atoms with Crippen LogP contribution in [0.4, 0.5) is 0 Å². The molecule has 2 rings (SSSR count). The molecule has 0 saturated carbocycles. The Bertz CT molecular complexity index is 532. The molecule has 1 atom stereocenters. The first-order chi connectivity index (χ1) is 7.99. The number of hydrogen-bond acceptors (Lipinski definition) is 1. The lowest BCUT2D eigenvalue weighted by atomic mass is 10.1. The summed E-state index contributed by atoms with van der Waals surface area (Å²) in [5, 5.41) is 1.17. The minimum atomic E-state index is 0.146. The SMILES string of the molecule is Cc1sc(C(Br)c2ccc(Cl)c(Cl)c2)cc1Br. The summed E-state index contributed by atoms with van der Waals surface area (Å²) in [4.78, 5) is 2.66. The average Bonchev–Trinajstić information content (AvgIpc) is 2.62. The molecule has 0 aliphatic carbocycles. The molecule has 0 fully saturated rings. The van der Waals surface area contributed by atoms with Crippen LogP contribution in [0.5, 0.6) is 0 Å². The number of alkyl halides is 1. The molecule has 1 unspecified atom stereocenters. The van der Waals surface area contributed by atoms with Crippen molar-refractivity contribution in [3.8, 4) is 0 Å². The van der Waals surface area contributed by atoms with E-state index in [4.69, 9.17) is 23.2 Å². The van der Waals surface area contributed by atoms with Gasteiger partial charge in [0.25, 0.3) is 0 Å². The van der Waals surface area contributed by atoms with E-state index in [2.05, 4.69) is 44.8 Å². The monoisotopic (exact) mass is 412 g/mol. The molecule has 1 heterocycles. The summed E-state index contributed by atoms with van der Waals surface area (Å²) in [6.07, 6.45) is 0. The Kier molecular flexibility index (Phi) is 4.59. The molecule has 0 aliphatic rings. The van der Waals surface area contributed by atoms with Gasteiger partial charge in [-0.2, -0.15) is 0 Å². The molecular weight excluding hydrogens is 407 g/mol. The molecule has 5 heteroatoms. The van der Waals surface area contributed by atoms with E-state index in [1.54, 1.807) is 11.3 Å². The Morgan fingerprint density at radius 3 is 2.41 bits per heavy atom. The van der Waals surface area contributed by atoms with Gasteiger partial charge in [0.2, 0.25) is 0 Å². The quantitative estimate of drug-likeness (QED) is 0.485. The van der Waals surface area contributed by atoms with Crippen LogP contribution in [0.3, 0.4) is 0 Å². The lowest BCUT2D eigenvalue weighted by molar-refractivity contribution is 1.22. The number of aryl methyl sites for hydroxylation is 1. The van der Waals surface area contributed by atoms with E-state index in [-0.39, 0.29) is 4.83 Å². The summed E-state index contributed by atoms with van der Waals surface area (Å²) in [5.41, 5.74) is 1.10. The topological polar surface area (TPSA) is 0 Å². The van der Waals surface area contributed by atoms with Crippen LogP contribution < -0.4 is 0 Å². The normalized spacial score (nSPS) is 12.8. The fourth-order valence-corrected chi connectivity index (χ4v) is 4.01. The molecule has 0 nitrogen and oxygen atoms in total. The van der Waals surface area contributed by atoms with Crippen molar-refractivity contribution in [1.29, 1.82) is 0 Å². The van der Waals surface area contributed by atoms with Crippen LogP contribution in [0, 0.1) is 6.92 Å². The maximum Gasteiger partial charge on any atom is 0.0739 e. The van der Waals surface area contributed by atoms with E-state index in [1.165, 1.54) is 9.75 Å². The van der Waals surface area contributed by atoms with E-state index in [9.17, 15) is 0 Å². The number of benzene rings is 1. The van der Waals surface area contributed by atoms with Crippen molar-refractivity contribution in [2.75, 3.05) is 0 Å². The van der Waals surface area contributed by atoms with Crippen LogP contribution in [-0.4, -0.2) is 0 Å². The van der Waals surface area contributed by atoms with Crippen molar-refractivity contribution in [3.63, 3.8) is 0 Å². The summed E-state index contributed by atoms with van der Waals surface area (Å²) < 4.78 is 1.14. The van der Waals surface area contributed by atoms with Gasteiger partial charge in [0.15, 0.2) is 0 Å². The fourth-order valence-electron chi connectivity index (χ4n) is 1.44. The lowest BCUT2D eigenvalue weighted by Crippen LogP contribution is -1.89. The first kappa shape index (κ1) is 13.9. The number of rotatable bonds is 2. The highest BCUT2D eigenvalue weighted by Gasteiger charge is 2.15. The van der Waals surface area contributed by atoms with E-state index < -0.39 is 0 Å². The van der Waals surface area contributed by atoms with Gasteiger partial charge in [-0.3, -0.25) is 0 Å². The molecular formula is C12H8Br2Cl2S. The second-order valence-corrected chi connectivity index (χ2v) is 7.46. The molecule has 0 spiro atoms. The zero-order chi connectivity index (χ0) is 12.6. The van der Waals surface area contributed by atoms with Crippen molar-refractivity contribution in [2.45, 2.75) is 11.8 Å². The van der Waals surface area contributed by atoms with Gasteiger partial charge in [-0.15, -0.1) is 11.3 Å². The highest BCUT2D eigenvalue weighted by atomic mass is 79.9. The minimum absolute atomic E-state index is 0.146. The zero-order valence-corrected chi connectivity index (χ0v) is 14.3. The molecule has 17 heavy (non-hydrogen) atoms. The maximum absolute atomic E-state index is 6.02. The molecule has 1 aromatic heterocycles. The van der Waals surface area contributed by atoms with Gasteiger partial charge in [0.1, 0.15) is 0 Å². The van der Waals surface area contributed by atoms with Gasteiger partial charge in [0.05, 0.1) is 14.9 Å². The molecule has 0 radical (unpaired) electrons. The third-order valence-electron chi connectivity index (χ3n) is 2.36. The number of hydrogen-bond donors (Lipinski definition) is 0. The Morgan fingerprint density at radius 1 is 1.18 bits per heavy atom. The lowest BCUT2D eigenvalue weighted by Gasteiger charge is -2.09. The fraction of sp³-hybridized carbons (Fsp3) is 0.167. The van der Waals surface area contributed by atoms with Crippen LogP contribution in [-0.2, 0) is 0 Å². The minimum Gasteiger partial charge on any atom is -0.143 e. The first-order valence-electron chi connectivity index (χ1n) is 4.84. The maximum atomic E-state index is 6.02. The Morgan fingerprint density at radius 2 is 1.88 bits per heavy atom. The summed E-state index contributed by atoms with van der Waals surface area (Å²) in [5.74, 6) is 0. The van der Waals surface area contributed by atoms with E-state index in [0.29, 0.717) is 10.0 Å². The summed E-state index contributed by atoms with van der Waals surface area (Å²) >= 11 is 20.9. The van der Waals surface area contributed by atoms with Crippen LogP contribution in [0.15, 0.2) is 28.7 Å². The predicted octanol–water partition coefficient (Wildman–Crippen LogP) is 6.61. The van der Waals surface area contributed by atoms with Crippen molar-refractivity contribution in [1.82, 2.24) is 0 Å². The molecule has 0 N–H and O–H groups in total. The van der Waals surface area contributed by atoms with Crippen molar-refractivity contribution < 1.29 is 0 Å². The molecule has 0 amide bonds. The Balaban J connectivity index is 2.36. The third-order valence-corrected chi connectivity index (χ3v) is 6.63. The smallest absolute Gasteiger partial charge is 0.0739 e. The molecule has 0 bridgehead atoms. The van der Waals surface area contributed by atoms with E-state index >= 15 is 0 Å². The number of halogens is 4. The summed E-state index contributed by atoms with van der Waals surface area (Å²) in [6, 6.07) is 7.83. The largest absolute Gasteiger partial charge is 0.143 e. The standard InChI is InChI=1S/C12H8Br2Cl2S/c1-6-8(13)5-11(17-6)12(14)7-2-3-9(15)10(16)4-7/h2-5,12H,1H3. The van der Waals surface area contributed by atoms with Crippen LogP contribution in [0.25, 0.3) is 0 Å². The van der Waals surface area contributed by atoms with Gasteiger partial charge in [0, 0.05) is 14.2 Å². The van der Waals surface area contributed by atoms with Crippen LogP contribution in [0.2, 0.25) is 10.0 Å². The van der Waals surface area contributed by atoms with Gasteiger partial charge < -0.3 is 0 Å². The predicted molar refractivity (Wildman–Crippen MR) is 84.0 cm³/mol. The van der Waals surface area contributed by atoms with Crippen molar-refractivity contribution >= 4 is 66.4 Å². The summed E-state index contributed by atoms with van der Waals surface area (Å²) in [7, 11) is 0. The first-order valence-corrected chi connectivity index (χ1v) is 8.12. The van der Waals surface area contributed by atoms with Gasteiger partial charge in [-0.1, -0.05) is 45.2 Å². The molecule has 90 valence electrons. The molecule has 0 saturated heterocycles. The van der Waals surface area contributed by atoms with E-state index in [1.807, 2.05) is 18.2 Å². The van der Waals surface area contributed by atoms with Crippen LogP contribution >= 0.6 is 66.4 Å². The molecule has 0 aliphatic heterocycles. The molecule has 1 aromatic carbocycles. The average molecular weight is 415 g/mol. The van der Waals surface area contributed by atoms with Gasteiger partial charge >= 0.3 is 0 Å². The Hall–Kier alpha value is 0.460. The second kappa shape index (κ2) is 5.62. The second-order valence-electron chi connectivity index (χ2n) is 3.59. The molecule has 2 aromatic rings. The number of thiophene rings is 1. The zero-order valence-electron chi connectivity index (χ0n) is 8.81. The van der Waals surface area contributed by atoms with Crippen molar-refractivity contribution in [3.05, 3.63) is 54.1 Å². The highest BCUT2D eigenvalue weighted by molar-refractivity contribution is 9.10. The van der Waals surface area contributed by atoms with E-state index in [0.717, 1.165) is 10.0 Å². The highest BCUT2D eigenvalue weighted by Crippen LogP contribution is 2.40. The summed E-state index contributed by atoms with van der Waals surface area (Å²) in [6.45, 7) is 2.09. The van der Waals surface area contributed by atoms with Gasteiger partial charge in [-0.05, 0) is 46.6 Å². The Labute approximate surface area is 131 Å². The van der Waals surface area contributed by atoms with Crippen LogP contribution in [0.1, 0.15) is 20.1 Å². The van der Waals surface area contributed by atoms with Gasteiger partial charge in [-0.25, -0.2) is 0 Å². The third kappa shape index (κ3) is 3.07.